The molecule has 2 aromatic carbocycles. The third-order valence-electron chi connectivity index (χ3n) is 4.56. The van der Waals surface area contributed by atoms with Crippen LogP contribution in [0.15, 0.2) is 48.5 Å². The van der Waals surface area contributed by atoms with E-state index in [9.17, 15) is 9.18 Å². The number of amides is 1. The molecule has 26 heavy (non-hydrogen) atoms. The van der Waals surface area contributed by atoms with Crippen LogP contribution in [0.4, 0.5) is 4.39 Å². The summed E-state index contributed by atoms with van der Waals surface area (Å²) in [5.41, 5.74) is 1.04. The second-order valence-electron chi connectivity index (χ2n) is 6.10. The first-order chi connectivity index (χ1) is 12.7. The molecule has 5 nitrogen and oxygen atoms in total. The van der Waals surface area contributed by atoms with Gasteiger partial charge in [0.05, 0.1) is 31.9 Å². The van der Waals surface area contributed by atoms with Gasteiger partial charge >= 0.3 is 0 Å². The summed E-state index contributed by atoms with van der Waals surface area (Å²) in [7, 11) is 1.63. The Bertz CT molecular complexity index is 747. The van der Waals surface area contributed by atoms with Gasteiger partial charge in [-0.3, -0.25) is 9.69 Å². The maximum atomic E-state index is 13.9. The van der Waals surface area contributed by atoms with E-state index < -0.39 is 11.7 Å². The van der Waals surface area contributed by atoms with Crippen LogP contribution >= 0.6 is 0 Å². The standard InChI is InChI=1S/C20H23FN2O3/c1-25-19-9-5-3-7-16(19)18(23-10-12-26-13-11-23)14-22-20(24)15-6-2-4-8-17(15)21/h2-9,18H,10-14H2,1H3,(H,22,24). The fraction of sp³-hybridized carbons (Fsp3) is 0.350. The van der Waals surface area contributed by atoms with Crippen molar-refractivity contribution in [2.24, 2.45) is 0 Å². The predicted molar refractivity (Wildman–Crippen MR) is 96.9 cm³/mol. The first kappa shape index (κ1) is 18.4. The zero-order valence-electron chi connectivity index (χ0n) is 14.8. The molecule has 0 saturated carbocycles. The van der Waals surface area contributed by atoms with Gasteiger partial charge in [-0.1, -0.05) is 30.3 Å². The summed E-state index contributed by atoms with van der Waals surface area (Å²) < 4.78 is 24.8. The van der Waals surface area contributed by atoms with Crippen LogP contribution < -0.4 is 10.1 Å². The number of rotatable bonds is 6. The molecular weight excluding hydrogens is 335 g/mol. The highest BCUT2D eigenvalue weighted by atomic mass is 19.1. The molecule has 1 saturated heterocycles. The Morgan fingerprint density at radius 1 is 1.19 bits per heavy atom. The fourth-order valence-electron chi connectivity index (χ4n) is 3.20. The van der Waals surface area contributed by atoms with Gasteiger partial charge in [0.25, 0.3) is 5.91 Å². The minimum atomic E-state index is -0.523. The minimum absolute atomic E-state index is 0.0493. The van der Waals surface area contributed by atoms with Crippen LogP contribution in [-0.4, -0.2) is 50.8 Å². The summed E-state index contributed by atoms with van der Waals surface area (Å²) in [6.07, 6.45) is 0. The predicted octanol–water partition coefficient (Wildman–Crippen LogP) is 2.64. The third-order valence-corrected chi connectivity index (χ3v) is 4.56. The smallest absolute Gasteiger partial charge is 0.254 e. The van der Waals surface area contributed by atoms with Gasteiger partial charge in [0.2, 0.25) is 0 Å². The molecule has 138 valence electrons. The first-order valence-corrected chi connectivity index (χ1v) is 8.68. The van der Waals surface area contributed by atoms with Crippen molar-refractivity contribution in [2.75, 3.05) is 40.0 Å². The van der Waals surface area contributed by atoms with Crippen LogP contribution in [0, 0.1) is 5.82 Å². The first-order valence-electron chi connectivity index (χ1n) is 8.68. The molecule has 3 rings (SSSR count). The molecule has 1 heterocycles. The van der Waals surface area contributed by atoms with Gasteiger partial charge in [0.1, 0.15) is 11.6 Å². The molecule has 0 aromatic heterocycles. The molecule has 1 N–H and O–H groups in total. The summed E-state index contributed by atoms with van der Waals surface area (Å²) in [6, 6.07) is 13.7. The van der Waals surface area contributed by atoms with E-state index >= 15 is 0 Å². The van der Waals surface area contributed by atoms with E-state index in [1.54, 1.807) is 19.2 Å². The summed E-state index contributed by atoms with van der Waals surface area (Å²) in [5, 5.41) is 2.87. The lowest BCUT2D eigenvalue weighted by Gasteiger charge is -2.35. The van der Waals surface area contributed by atoms with Gasteiger partial charge in [-0.25, -0.2) is 4.39 Å². The number of halogens is 1. The maximum absolute atomic E-state index is 13.9. The van der Waals surface area contributed by atoms with Crippen molar-refractivity contribution >= 4 is 5.91 Å². The summed E-state index contributed by atoms with van der Waals surface area (Å²) in [6.45, 7) is 3.17. The lowest BCUT2D eigenvalue weighted by Crippen LogP contribution is -2.44. The Kier molecular flexibility index (Phi) is 6.20. The number of nitrogens with one attached hydrogen (secondary N) is 1. The third kappa shape index (κ3) is 4.20. The maximum Gasteiger partial charge on any atom is 0.254 e. The number of methoxy groups -OCH3 is 1. The average Bonchev–Trinajstić information content (AvgIpc) is 2.69. The Labute approximate surface area is 152 Å². The van der Waals surface area contributed by atoms with Crippen molar-refractivity contribution in [2.45, 2.75) is 6.04 Å². The van der Waals surface area contributed by atoms with Crippen LogP contribution in [0.5, 0.6) is 5.75 Å². The van der Waals surface area contributed by atoms with E-state index in [1.165, 1.54) is 12.1 Å². The van der Waals surface area contributed by atoms with Crippen LogP contribution in [0.2, 0.25) is 0 Å². The van der Waals surface area contributed by atoms with E-state index in [2.05, 4.69) is 10.2 Å². The van der Waals surface area contributed by atoms with Crippen LogP contribution in [0.1, 0.15) is 22.0 Å². The van der Waals surface area contributed by atoms with Crippen molar-refractivity contribution in [1.82, 2.24) is 10.2 Å². The lowest BCUT2D eigenvalue weighted by atomic mass is 10.0. The van der Waals surface area contributed by atoms with Gasteiger partial charge < -0.3 is 14.8 Å². The zero-order chi connectivity index (χ0) is 18.4. The zero-order valence-corrected chi connectivity index (χ0v) is 14.8. The quantitative estimate of drug-likeness (QED) is 0.863. The average molecular weight is 358 g/mol. The van der Waals surface area contributed by atoms with Crippen LogP contribution in [0.3, 0.4) is 0 Å². The number of morpholine rings is 1. The number of para-hydroxylation sites is 1. The van der Waals surface area contributed by atoms with Crippen molar-refractivity contribution in [1.29, 1.82) is 0 Å². The Hall–Kier alpha value is -2.44. The van der Waals surface area contributed by atoms with Crippen molar-refractivity contribution < 1.29 is 18.7 Å². The topological polar surface area (TPSA) is 50.8 Å². The van der Waals surface area contributed by atoms with Gasteiger partial charge in [-0.2, -0.15) is 0 Å². The molecular formula is C20H23FN2O3. The monoisotopic (exact) mass is 358 g/mol. The Morgan fingerprint density at radius 3 is 2.62 bits per heavy atom. The van der Waals surface area contributed by atoms with Crippen molar-refractivity contribution in [3.05, 3.63) is 65.5 Å². The van der Waals surface area contributed by atoms with Gasteiger partial charge in [-0.05, 0) is 18.2 Å². The van der Waals surface area contributed by atoms with E-state index in [4.69, 9.17) is 9.47 Å². The van der Waals surface area contributed by atoms with Gasteiger partial charge in [0.15, 0.2) is 0 Å². The normalized spacial score (nSPS) is 16.1. The summed E-state index contributed by atoms with van der Waals surface area (Å²) in [4.78, 5) is 14.7. The van der Waals surface area contributed by atoms with Crippen molar-refractivity contribution in [3.8, 4) is 5.75 Å². The molecule has 1 atom stereocenters. The highest BCUT2D eigenvalue weighted by Crippen LogP contribution is 2.29. The van der Waals surface area contributed by atoms with Crippen LogP contribution in [0.25, 0.3) is 0 Å². The van der Waals surface area contributed by atoms with E-state index in [0.717, 1.165) is 24.4 Å². The Balaban J connectivity index is 1.80. The Morgan fingerprint density at radius 2 is 1.88 bits per heavy atom. The summed E-state index contributed by atoms with van der Waals surface area (Å²) >= 11 is 0. The molecule has 0 bridgehead atoms. The fourth-order valence-corrected chi connectivity index (χ4v) is 3.20. The number of ether oxygens (including phenoxy) is 2. The largest absolute Gasteiger partial charge is 0.496 e. The van der Waals surface area contributed by atoms with Crippen molar-refractivity contribution in [3.63, 3.8) is 0 Å². The van der Waals surface area contributed by atoms with E-state index in [0.29, 0.717) is 19.8 Å². The summed E-state index contributed by atoms with van der Waals surface area (Å²) in [5.74, 6) is -0.175. The van der Waals surface area contributed by atoms with E-state index in [1.807, 2.05) is 24.3 Å². The number of hydrogen-bond acceptors (Lipinski definition) is 4. The molecule has 2 aromatic rings. The molecule has 1 unspecified atom stereocenters. The molecule has 1 amide bonds. The highest BCUT2D eigenvalue weighted by Gasteiger charge is 2.26. The molecule has 0 radical (unpaired) electrons. The second kappa shape index (κ2) is 8.78. The highest BCUT2D eigenvalue weighted by molar-refractivity contribution is 5.94. The molecule has 1 aliphatic rings. The number of benzene rings is 2. The van der Waals surface area contributed by atoms with Gasteiger partial charge in [-0.15, -0.1) is 0 Å². The number of nitrogens with zero attached hydrogens (tertiary/aromatic N) is 1. The number of carbonyl (C=O) groups excluding carboxylic acids is 1. The minimum Gasteiger partial charge on any atom is -0.496 e. The second-order valence-corrected chi connectivity index (χ2v) is 6.10. The van der Waals surface area contributed by atoms with E-state index in [-0.39, 0.29) is 11.6 Å². The molecule has 1 fully saturated rings. The molecule has 6 heteroatoms. The molecule has 0 aliphatic carbocycles. The van der Waals surface area contributed by atoms with Crippen LogP contribution in [-0.2, 0) is 4.74 Å². The van der Waals surface area contributed by atoms with Gasteiger partial charge in [0, 0.05) is 25.2 Å². The number of carbonyl (C=O) groups is 1. The lowest BCUT2D eigenvalue weighted by molar-refractivity contribution is 0.0157. The molecule has 1 aliphatic heterocycles. The molecule has 0 spiro atoms. The number of hydrogen-bond donors (Lipinski definition) is 1. The SMILES string of the molecule is COc1ccccc1C(CNC(=O)c1ccccc1F)N1CCOCC1.